The van der Waals surface area contributed by atoms with Crippen LogP contribution in [0.25, 0.3) is 0 Å². The summed E-state index contributed by atoms with van der Waals surface area (Å²) >= 11 is 0. The molecular formula is C16H21N3O6S. The van der Waals surface area contributed by atoms with E-state index in [0.717, 1.165) is 6.07 Å². The second kappa shape index (κ2) is 9.11. The molecule has 0 saturated carbocycles. The van der Waals surface area contributed by atoms with Crippen LogP contribution < -0.4 is 4.72 Å². The third kappa shape index (κ3) is 5.39. The average molecular weight is 383 g/mol. The number of carboxylic acids is 1. The Hall–Kier alpha value is -2.72. The van der Waals surface area contributed by atoms with Gasteiger partial charge in [0.2, 0.25) is 10.0 Å². The van der Waals surface area contributed by atoms with Crippen molar-refractivity contribution < 1.29 is 28.2 Å². The maximum absolute atomic E-state index is 12.6. The molecule has 1 heterocycles. The molecule has 0 aliphatic heterocycles. The van der Waals surface area contributed by atoms with E-state index >= 15 is 0 Å². The van der Waals surface area contributed by atoms with Crippen molar-refractivity contribution in [3.8, 4) is 0 Å². The molecule has 0 aliphatic rings. The number of hydrogen-bond acceptors (Lipinski definition) is 5. The lowest BCUT2D eigenvalue weighted by atomic mass is 10.1. The standard InChI is InChI=1S/C15H19N3O4S.CH2O2/c1-10(2)13(14-16-7-8-18(14)3)17-23(21,22)12-6-4-5-11(9-12)15(19)20;2-1-3/h4-10,13,17H,1-3H3,(H,19,20);1H,(H,2,3). The predicted octanol–water partition coefficient (Wildman–Crippen LogP) is 1.49. The number of imidazole rings is 1. The summed E-state index contributed by atoms with van der Waals surface area (Å²) in [6.07, 6.45) is 3.34. The Morgan fingerprint density at radius 1 is 1.35 bits per heavy atom. The van der Waals surface area contributed by atoms with Gasteiger partial charge in [-0.05, 0) is 24.1 Å². The van der Waals surface area contributed by atoms with E-state index in [0.29, 0.717) is 5.82 Å². The van der Waals surface area contributed by atoms with Gasteiger partial charge in [-0.1, -0.05) is 19.9 Å². The fourth-order valence-corrected chi connectivity index (χ4v) is 3.58. The number of aryl methyl sites for hydroxylation is 1. The van der Waals surface area contributed by atoms with Crippen LogP contribution in [0.1, 0.15) is 36.1 Å². The molecule has 26 heavy (non-hydrogen) atoms. The zero-order chi connectivity index (χ0) is 19.9. The quantitative estimate of drug-likeness (QED) is 0.642. The summed E-state index contributed by atoms with van der Waals surface area (Å²) in [5.41, 5.74) is -0.0778. The van der Waals surface area contributed by atoms with Crippen molar-refractivity contribution in [3.63, 3.8) is 0 Å². The van der Waals surface area contributed by atoms with Gasteiger partial charge < -0.3 is 14.8 Å². The number of hydrogen-bond donors (Lipinski definition) is 3. The number of carboxylic acid groups (broad SMARTS) is 2. The zero-order valence-electron chi connectivity index (χ0n) is 14.5. The van der Waals surface area contributed by atoms with Gasteiger partial charge in [-0.3, -0.25) is 4.79 Å². The maximum Gasteiger partial charge on any atom is 0.335 e. The smallest absolute Gasteiger partial charge is 0.335 e. The Kier molecular flexibility index (Phi) is 7.47. The first-order valence-electron chi connectivity index (χ1n) is 7.54. The van der Waals surface area contributed by atoms with Crippen molar-refractivity contribution in [1.29, 1.82) is 0 Å². The van der Waals surface area contributed by atoms with Crippen molar-refractivity contribution >= 4 is 22.5 Å². The molecule has 142 valence electrons. The Morgan fingerprint density at radius 2 is 1.96 bits per heavy atom. The molecule has 1 atom stereocenters. The first-order valence-corrected chi connectivity index (χ1v) is 9.03. The van der Waals surface area contributed by atoms with Crippen molar-refractivity contribution in [3.05, 3.63) is 48.0 Å². The summed E-state index contributed by atoms with van der Waals surface area (Å²) in [4.78, 5) is 23.5. The van der Waals surface area contributed by atoms with Gasteiger partial charge in [-0.15, -0.1) is 0 Å². The van der Waals surface area contributed by atoms with E-state index in [4.69, 9.17) is 15.0 Å². The molecule has 0 amide bonds. The van der Waals surface area contributed by atoms with Crippen LogP contribution in [0.2, 0.25) is 0 Å². The van der Waals surface area contributed by atoms with Gasteiger partial charge in [0.15, 0.2) is 0 Å². The van der Waals surface area contributed by atoms with E-state index < -0.39 is 22.0 Å². The Bertz CT molecular complexity index is 860. The van der Waals surface area contributed by atoms with Gasteiger partial charge in [0.1, 0.15) is 5.82 Å². The lowest BCUT2D eigenvalue weighted by Gasteiger charge is -2.22. The van der Waals surface area contributed by atoms with Crippen molar-refractivity contribution in [2.75, 3.05) is 0 Å². The summed E-state index contributed by atoms with van der Waals surface area (Å²) in [7, 11) is -2.08. The number of nitrogens with zero attached hydrogens (tertiary/aromatic N) is 2. The van der Waals surface area contributed by atoms with Gasteiger partial charge in [0, 0.05) is 19.4 Å². The van der Waals surface area contributed by atoms with Crippen molar-refractivity contribution in [1.82, 2.24) is 14.3 Å². The molecule has 10 heteroatoms. The molecule has 9 nitrogen and oxygen atoms in total. The monoisotopic (exact) mass is 383 g/mol. The summed E-state index contributed by atoms with van der Waals surface area (Å²) in [5, 5.41) is 15.9. The Labute approximate surface area is 151 Å². The highest BCUT2D eigenvalue weighted by molar-refractivity contribution is 7.89. The molecule has 1 unspecified atom stereocenters. The molecule has 0 spiro atoms. The molecule has 3 N–H and O–H groups in total. The lowest BCUT2D eigenvalue weighted by molar-refractivity contribution is -0.122. The molecular weight excluding hydrogens is 362 g/mol. The zero-order valence-corrected chi connectivity index (χ0v) is 15.3. The fraction of sp³-hybridized carbons (Fsp3) is 0.312. The second-order valence-corrected chi connectivity index (χ2v) is 7.39. The third-order valence-corrected chi connectivity index (χ3v) is 4.92. The van der Waals surface area contributed by atoms with Crippen molar-refractivity contribution in [2.45, 2.75) is 24.8 Å². The van der Waals surface area contributed by atoms with Gasteiger partial charge in [-0.25, -0.2) is 22.9 Å². The molecule has 0 saturated heterocycles. The second-order valence-electron chi connectivity index (χ2n) is 5.68. The van der Waals surface area contributed by atoms with Crippen LogP contribution in [0, 0.1) is 5.92 Å². The molecule has 0 radical (unpaired) electrons. The molecule has 0 bridgehead atoms. The molecule has 2 rings (SSSR count). The number of rotatable bonds is 6. The highest BCUT2D eigenvalue weighted by Gasteiger charge is 2.27. The van der Waals surface area contributed by atoms with Crippen molar-refractivity contribution in [2.24, 2.45) is 13.0 Å². The first-order chi connectivity index (χ1) is 12.1. The first kappa shape index (κ1) is 21.3. The minimum atomic E-state index is -3.87. The van der Waals surface area contributed by atoms with Crippen LogP contribution in [0.4, 0.5) is 0 Å². The van der Waals surface area contributed by atoms with Crippen LogP contribution in [0.5, 0.6) is 0 Å². The van der Waals surface area contributed by atoms with Gasteiger partial charge in [-0.2, -0.15) is 0 Å². The van der Waals surface area contributed by atoms with Crippen LogP contribution in [0.15, 0.2) is 41.6 Å². The fourth-order valence-electron chi connectivity index (χ4n) is 2.20. The number of aromatic carboxylic acids is 1. The highest BCUT2D eigenvalue weighted by atomic mass is 32.2. The Morgan fingerprint density at radius 3 is 2.42 bits per heavy atom. The average Bonchev–Trinajstić information content (AvgIpc) is 2.99. The van der Waals surface area contributed by atoms with Crippen LogP contribution >= 0.6 is 0 Å². The molecule has 1 aromatic carbocycles. The summed E-state index contributed by atoms with van der Waals surface area (Å²) in [5.74, 6) is -0.613. The topological polar surface area (TPSA) is 139 Å². The minimum Gasteiger partial charge on any atom is -0.483 e. The van der Waals surface area contributed by atoms with Crippen LogP contribution in [-0.4, -0.2) is 40.6 Å². The predicted molar refractivity (Wildman–Crippen MR) is 93.2 cm³/mol. The summed E-state index contributed by atoms with van der Waals surface area (Å²) < 4.78 is 29.5. The summed E-state index contributed by atoms with van der Waals surface area (Å²) in [6, 6.07) is 4.74. The van der Waals surface area contributed by atoms with Gasteiger partial charge in [0.05, 0.1) is 16.5 Å². The largest absolute Gasteiger partial charge is 0.483 e. The van der Waals surface area contributed by atoms with E-state index in [1.165, 1.54) is 18.2 Å². The maximum atomic E-state index is 12.6. The number of aromatic nitrogens is 2. The molecule has 2 aromatic rings. The van der Waals surface area contributed by atoms with Gasteiger partial charge >= 0.3 is 5.97 Å². The van der Waals surface area contributed by atoms with E-state index in [2.05, 4.69) is 9.71 Å². The normalized spacial score (nSPS) is 12.2. The molecule has 1 aromatic heterocycles. The van der Waals surface area contributed by atoms with Crippen LogP contribution in [-0.2, 0) is 21.9 Å². The number of nitrogens with one attached hydrogen (secondary N) is 1. The summed E-state index contributed by atoms with van der Waals surface area (Å²) in [6.45, 7) is 3.52. The highest BCUT2D eigenvalue weighted by Crippen LogP contribution is 2.23. The van der Waals surface area contributed by atoms with E-state index in [9.17, 15) is 13.2 Å². The minimum absolute atomic E-state index is 0.0338. The lowest BCUT2D eigenvalue weighted by Crippen LogP contribution is -2.33. The number of carbonyl (C=O) groups is 2. The number of sulfonamides is 1. The number of benzene rings is 1. The SMILES string of the molecule is CC(C)C(NS(=O)(=O)c1cccc(C(=O)O)c1)c1nccn1C.O=CO. The van der Waals surface area contributed by atoms with Crippen LogP contribution in [0.3, 0.4) is 0 Å². The Balaban J connectivity index is 0.00000105. The third-order valence-electron chi connectivity index (χ3n) is 3.48. The van der Waals surface area contributed by atoms with E-state index in [1.54, 1.807) is 24.0 Å². The van der Waals surface area contributed by atoms with E-state index in [1.807, 2.05) is 13.8 Å². The van der Waals surface area contributed by atoms with E-state index in [-0.39, 0.29) is 22.8 Å². The van der Waals surface area contributed by atoms with Gasteiger partial charge in [0.25, 0.3) is 6.47 Å². The molecule has 0 aliphatic carbocycles. The molecule has 0 fully saturated rings.